The Morgan fingerprint density at radius 2 is 1.91 bits per heavy atom. The van der Waals surface area contributed by atoms with Gasteiger partial charge < -0.3 is 15.0 Å². The molecule has 0 spiro atoms. The number of nitrogens with one attached hydrogen (secondary N) is 2. The number of H-pyrrole nitrogens is 1. The first-order valence-electron chi connectivity index (χ1n) is 11.2. The van der Waals surface area contributed by atoms with Crippen molar-refractivity contribution in [2.75, 3.05) is 20.2 Å². The third-order valence-corrected chi connectivity index (χ3v) is 6.55. The van der Waals surface area contributed by atoms with Crippen molar-refractivity contribution in [3.63, 3.8) is 0 Å². The van der Waals surface area contributed by atoms with E-state index in [2.05, 4.69) is 34.3 Å². The van der Waals surface area contributed by atoms with Crippen LogP contribution in [0.25, 0.3) is 10.9 Å². The molecule has 6 nitrogen and oxygen atoms in total. The van der Waals surface area contributed by atoms with Gasteiger partial charge in [0.25, 0.3) is 5.91 Å². The van der Waals surface area contributed by atoms with Crippen LogP contribution >= 0.6 is 0 Å². The first-order chi connectivity index (χ1) is 15.5. The molecule has 1 aliphatic heterocycles. The predicted octanol–water partition coefficient (Wildman–Crippen LogP) is 3.76. The van der Waals surface area contributed by atoms with Crippen LogP contribution in [0.3, 0.4) is 0 Å². The van der Waals surface area contributed by atoms with Crippen LogP contribution in [-0.2, 0) is 16.0 Å². The van der Waals surface area contributed by atoms with E-state index in [1.165, 1.54) is 12.7 Å². The summed E-state index contributed by atoms with van der Waals surface area (Å²) in [6, 6.07) is 15.7. The second kappa shape index (κ2) is 9.57. The van der Waals surface area contributed by atoms with Gasteiger partial charge in [-0.15, -0.1) is 0 Å². The molecule has 1 aliphatic rings. The Bertz CT molecular complexity index is 1110. The Kier molecular flexibility index (Phi) is 6.61. The number of aromatic nitrogens is 1. The molecule has 32 heavy (non-hydrogen) atoms. The zero-order valence-corrected chi connectivity index (χ0v) is 19.0. The average Bonchev–Trinajstić information content (AvgIpc) is 3.34. The Hall–Kier alpha value is -3.12. The van der Waals surface area contributed by atoms with Gasteiger partial charge in [-0.3, -0.25) is 14.5 Å². The van der Waals surface area contributed by atoms with E-state index < -0.39 is 0 Å². The molecule has 1 fully saturated rings. The van der Waals surface area contributed by atoms with Crippen LogP contribution in [0.15, 0.2) is 48.5 Å². The fourth-order valence-electron chi connectivity index (χ4n) is 4.70. The first kappa shape index (κ1) is 22.1. The minimum Gasteiger partial charge on any atom is -0.468 e. The van der Waals surface area contributed by atoms with Gasteiger partial charge in [-0.05, 0) is 56.8 Å². The molecular weight excluding hydrogens is 402 g/mol. The highest BCUT2D eigenvalue weighted by Crippen LogP contribution is 2.25. The quantitative estimate of drug-likeness (QED) is 0.557. The van der Waals surface area contributed by atoms with Crippen molar-refractivity contribution in [1.29, 1.82) is 0 Å². The summed E-state index contributed by atoms with van der Waals surface area (Å²) in [5, 5.41) is 4.22. The normalized spacial score (nSPS) is 18.7. The van der Waals surface area contributed by atoms with E-state index in [9.17, 15) is 9.59 Å². The maximum atomic E-state index is 13.1. The zero-order valence-electron chi connectivity index (χ0n) is 19.0. The van der Waals surface area contributed by atoms with E-state index in [-0.39, 0.29) is 24.0 Å². The highest BCUT2D eigenvalue weighted by molar-refractivity contribution is 6.06. The SMILES string of the molecule is COC(=O)[C@@H]1C[C@@H](NC(=O)c2cccc3c(C)c(C)[nH]c23)CN1CCCc1ccccc1. The maximum Gasteiger partial charge on any atom is 0.323 e. The van der Waals surface area contributed by atoms with Crippen molar-refractivity contribution in [3.8, 4) is 0 Å². The maximum absolute atomic E-state index is 13.1. The standard InChI is InChI=1S/C26H31N3O3/c1-17-18(2)27-24-21(17)12-7-13-22(24)25(30)28-20-15-23(26(31)32-3)29(16-20)14-8-11-19-9-5-4-6-10-19/h4-7,9-10,12-13,20,23,27H,8,11,14-16H2,1-3H3,(H,28,30)/t20-,23+/m1/s1. The highest BCUT2D eigenvalue weighted by atomic mass is 16.5. The Balaban J connectivity index is 1.43. The van der Waals surface area contributed by atoms with Crippen LogP contribution in [0.1, 0.15) is 40.0 Å². The number of nitrogens with zero attached hydrogens (tertiary/aromatic N) is 1. The topological polar surface area (TPSA) is 74.4 Å². The Morgan fingerprint density at radius 3 is 2.66 bits per heavy atom. The van der Waals surface area contributed by atoms with E-state index in [0.717, 1.165) is 41.5 Å². The van der Waals surface area contributed by atoms with E-state index in [0.29, 0.717) is 18.5 Å². The number of rotatable bonds is 7. The first-order valence-corrected chi connectivity index (χ1v) is 11.2. The summed E-state index contributed by atoms with van der Waals surface area (Å²) < 4.78 is 5.04. The van der Waals surface area contributed by atoms with Crippen LogP contribution in [0.2, 0.25) is 0 Å². The van der Waals surface area contributed by atoms with Gasteiger partial charge in [-0.1, -0.05) is 42.5 Å². The third-order valence-electron chi connectivity index (χ3n) is 6.55. The molecular formula is C26H31N3O3. The summed E-state index contributed by atoms with van der Waals surface area (Å²) in [4.78, 5) is 31.0. The second-order valence-electron chi connectivity index (χ2n) is 8.63. The number of fused-ring (bicyclic) bond motifs is 1. The van der Waals surface area contributed by atoms with E-state index in [4.69, 9.17) is 4.74 Å². The molecule has 0 aliphatic carbocycles. The number of methoxy groups -OCH3 is 1. The summed E-state index contributed by atoms with van der Waals surface area (Å²) >= 11 is 0. The zero-order chi connectivity index (χ0) is 22.7. The van der Waals surface area contributed by atoms with Gasteiger partial charge in [0.2, 0.25) is 0 Å². The lowest BCUT2D eigenvalue weighted by molar-refractivity contribution is -0.145. The van der Waals surface area contributed by atoms with Crippen molar-refractivity contribution in [1.82, 2.24) is 15.2 Å². The molecule has 1 aromatic heterocycles. The molecule has 2 N–H and O–H groups in total. The van der Waals surface area contributed by atoms with Crippen LogP contribution in [-0.4, -0.2) is 54.0 Å². The fraction of sp³-hybridized carbons (Fsp3) is 0.385. The summed E-state index contributed by atoms with van der Waals surface area (Å²) in [6.45, 7) is 5.49. The van der Waals surface area contributed by atoms with Gasteiger partial charge in [0.05, 0.1) is 18.2 Å². The summed E-state index contributed by atoms with van der Waals surface area (Å²) in [5.41, 5.74) is 5.01. The lowest BCUT2D eigenvalue weighted by Gasteiger charge is -2.22. The minimum atomic E-state index is -0.327. The number of ether oxygens (including phenoxy) is 1. The van der Waals surface area contributed by atoms with Gasteiger partial charge in [0, 0.05) is 23.7 Å². The molecule has 1 saturated heterocycles. The van der Waals surface area contributed by atoms with Gasteiger partial charge in [0.1, 0.15) is 6.04 Å². The number of aromatic amines is 1. The molecule has 168 valence electrons. The Labute approximate surface area is 188 Å². The van der Waals surface area contributed by atoms with Gasteiger partial charge in [-0.25, -0.2) is 0 Å². The molecule has 0 saturated carbocycles. The molecule has 4 rings (SSSR count). The van der Waals surface area contributed by atoms with Gasteiger partial charge in [0.15, 0.2) is 0 Å². The summed E-state index contributed by atoms with van der Waals surface area (Å²) in [5.74, 6) is -0.351. The van der Waals surface area contributed by atoms with Crippen molar-refractivity contribution in [2.45, 2.75) is 45.2 Å². The van der Waals surface area contributed by atoms with Gasteiger partial charge >= 0.3 is 5.97 Å². The summed E-state index contributed by atoms with van der Waals surface area (Å²) in [7, 11) is 1.42. The molecule has 2 heterocycles. The number of aryl methyl sites for hydroxylation is 3. The van der Waals surface area contributed by atoms with E-state index >= 15 is 0 Å². The van der Waals surface area contributed by atoms with Crippen LogP contribution in [0.5, 0.6) is 0 Å². The molecule has 2 aromatic carbocycles. The molecule has 3 aromatic rings. The predicted molar refractivity (Wildman–Crippen MR) is 126 cm³/mol. The number of carbonyl (C=O) groups is 2. The van der Waals surface area contributed by atoms with Crippen LogP contribution in [0.4, 0.5) is 0 Å². The van der Waals surface area contributed by atoms with Crippen LogP contribution in [0, 0.1) is 13.8 Å². The van der Waals surface area contributed by atoms with Crippen molar-refractivity contribution < 1.29 is 14.3 Å². The fourth-order valence-corrected chi connectivity index (χ4v) is 4.70. The smallest absolute Gasteiger partial charge is 0.323 e. The van der Waals surface area contributed by atoms with Gasteiger partial charge in [-0.2, -0.15) is 0 Å². The lowest BCUT2D eigenvalue weighted by atomic mass is 10.1. The third kappa shape index (κ3) is 4.55. The molecule has 0 unspecified atom stereocenters. The van der Waals surface area contributed by atoms with Crippen molar-refractivity contribution in [3.05, 3.63) is 70.9 Å². The van der Waals surface area contributed by atoms with Crippen molar-refractivity contribution in [2.24, 2.45) is 0 Å². The molecule has 0 radical (unpaired) electrons. The largest absolute Gasteiger partial charge is 0.468 e. The minimum absolute atomic E-state index is 0.101. The molecule has 2 atom stereocenters. The number of likely N-dealkylation sites (tertiary alicyclic amines) is 1. The molecule has 6 heteroatoms. The average molecular weight is 434 g/mol. The number of benzene rings is 2. The van der Waals surface area contributed by atoms with E-state index in [1.54, 1.807) is 0 Å². The second-order valence-corrected chi connectivity index (χ2v) is 8.63. The number of carbonyl (C=O) groups excluding carboxylic acids is 2. The van der Waals surface area contributed by atoms with E-state index in [1.807, 2.05) is 43.3 Å². The molecule has 0 bridgehead atoms. The molecule has 1 amide bonds. The number of hydrogen-bond acceptors (Lipinski definition) is 4. The lowest BCUT2D eigenvalue weighted by Crippen LogP contribution is -2.38. The number of para-hydroxylation sites is 1. The number of hydrogen-bond donors (Lipinski definition) is 2. The number of amides is 1. The summed E-state index contributed by atoms with van der Waals surface area (Å²) in [6.07, 6.45) is 2.46. The Morgan fingerprint density at radius 1 is 1.12 bits per heavy atom. The number of esters is 1. The monoisotopic (exact) mass is 433 g/mol. The van der Waals surface area contributed by atoms with Crippen LogP contribution < -0.4 is 5.32 Å². The highest BCUT2D eigenvalue weighted by Gasteiger charge is 2.38. The van der Waals surface area contributed by atoms with Crippen molar-refractivity contribution >= 4 is 22.8 Å².